The first-order valence-corrected chi connectivity index (χ1v) is 10.9. The second-order valence-electron chi connectivity index (χ2n) is 7.18. The van der Waals surface area contributed by atoms with E-state index < -0.39 is 5.91 Å². The molecule has 1 aromatic heterocycles. The van der Waals surface area contributed by atoms with Gasteiger partial charge in [0.15, 0.2) is 0 Å². The van der Waals surface area contributed by atoms with Gasteiger partial charge in [0.05, 0.1) is 0 Å². The zero-order valence-electron chi connectivity index (χ0n) is 17.5. The molecule has 1 amide bonds. The number of fused-ring (bicyclic) bond motifs is 1. The van der Waals surface area contributed by atoms with E-state index in [1.807, 2.05) is 36.4 Å². The van der Waals surface area contributed by atoms with Crippen LogP contribution in [-0.4, -0.2) is 29.3 Å². The van der Waals surface area contributed by atoms with Crippen LogP contribution in [0.1, 0.15) is 21.6 Å². The topological polar surface area (TPSA) is 115 Å². The molecule has 4 N–H and O–H groups in total. The van der Waals surface area contributed by atoms with E-state index >= 15 is 0 Å². The third kappa shape index (κ3) is 5.36. The zero-order chi connectivity index (χ0) is 23.2. The predicted octanol–water partition coefficient (Wildman–Crippen LogP) is 4.21. The van der Waals surface area contributed by atoms with Crippen molar-refractivity contribution in [2.45, 2.75) is 13.2 Å². The highest BCUT2D eigenvalue weighted by Gasteiger charge is 2.15. The Bertz CT molecular complexity index is 1260. The van der Waals surface area contributed by atoms with Crippen molar-refractivity contribution >= 4 is 45.7 Å². The minimum Gasteiger partial charge on any atom is -0.488 e. The number of rotatable bonds is 9. The van der Waals surface area contributed by atoms with Crippen molar-refractivity contribution in [1.82, 2.24) is 20.9 Å². The third-order valence-corrected chi connectivity index (χ3v) is 5.76. The molecule has 1 heterocycles. The second-order valence-corrected chi connectivity index (χ2v) is 8.00. The quantitative estimate of drug-likeness (QED) is 0.304. The summed E-state index contributed by atoms with van der Waals surface area (Å²) in [7, 11) is 0. The molecule has 10 heteroatoms. The molecule has 0 unspecified atom stereocenters. The first kappa shape index (κ1) is 22.8. The lowest BCUT2D eigenvalue weighted by Crippen LogP contribution is -2.32. The summed E-state index contributed by atoms with van der Waals surface area (Å²) in [5, 5.41) is 16.2. The Morgan fingerprint density at radius 1 is 0.970 bits per heavy atom. The second kappa shape index (κ2) is 10.5. The number of nitrogens with zero attached hydrogens (tertiary/aromatic N) is 2. The zero-order valence-corrected chi connectivity index (χ0v) is 19.0. The SMILES string of the molecule is Nc1nonc1C(=O)NCCNCc1c(OCc2c(Cl)cccc2Cl)ccc2ccccc12. The highest BCUT2D eigenvalue weighted by Crippen LogP contribution is 2.31. The van der Waals surface area contributed by atoms with Crippen LogP contribution >= 0.6 is 23.2 Å². The number of hydrogen-bond acceptors (Lipinski definition) is 7. The van der Waals surface area contributed by atoms with Crippen LogP contribution in [0.4, 0.5) is 5.82 Å². The Balaban J connectivity index is 1.43. The Morgan fingerprint density at radius 2 is 1.76 bits per heavy atom. The molecule has 4 rings (SSSR count). The average molecular weight is 486 g/mol. The van der Waals surface area contributed by atoms with E-state index in [4.69, 9.17) is 33.7 Å². The van der Waals surface area contributed by atoms with Crippen LogP contribution in [0.2, 0.25) is 10.0 Å². The molecule has 0 aliphatic heterocycles. The summed E-state index contributed by atoms with van der Waals surface area (Å²) in [6, 6.07) is 17.4. The first-order valence-electron chi connectivity index (χ1n) is 10.2. The van der Waals surface area contributed by atoms with Crippen LogP contribution in [0.25, 0.3) is 10.8 Å². The average Bonchev–Trinajstić information content (AvgIpc) is 3.25. The maximum atomic E-state index is 12.0. The Hall–Kier alpha value is -3.33. The molecule has 0 bridgehead atoms. The van der Waals surface area contributed by atoms with Crippen LogP contribution in [0.5, 0.6) is 5.75 Å². The molecule has 0 saturated heterocycles. The summed E-state index contributed by atoms with van der Waals surface area (Å²) in [6.45, 7) is 1.64. The van der Waals surface area contributed by atoms with Gasteiger partial charge in [-0.05, 0) is 39.3 Å². The fourth-order valence-electron chi connectivity index (χ4n) is 3.37. The van der Waals surface area contributed by atoms with Gasteiger partial charge >= 0.3 is 0 Å². The van der Waals surface area contributed by atoms with E-state index in [0.29, 0.717) is 29.7 Å². The molecule has 0 spiro atoms. The van der Waals surface area contributed by atoms with Crippen molar-refractivity contribution in [3.63, 3.8) is 0 Å². The molecule has 0 saturated carbocycles. The van der Waals surface area contributed by atoms with Gasteiger partial charge in [-0.15, -0.1) is 0 Å². The summed E-state index contributed by atoms with van der Waals surface area (Å²) in [6.07, 6.45) is 0. The molecule has 8 nitrogen and oxygen atoms in total. The molecule has 0 fully saturated rings. The van der Waals surface area contributed by atoms with Gasteiger partial charge < -0.3 is 21.1 Å². The minimum absolute atomic E-state index is 0.0297. The van der Waals surface area contributed by atoms with Crippen molar-refractivity contribution < 1.29 is 14.2 Å². The van der Waals surface area contributed by atoms with Gasteiger partial charge in [0, 0.05) is 40.8 Å². The fourth-order valence-corrected chi connectivity index (χ4v) is 3.87. The number of benzene rings is 3. The van der Waals surface area contributed by atoms with Gasteiger partial charge in [-0.2, -0.15) is 0 Å². The number of carbonyl (C=O) groups is 1. The fraction of sp³-hybridized carbons (Fsp3) is 0.174. The van der Waals surface area contributed by atoms with Crippen molar-refractivity contribution in [2.24, 2.45) is 0 Å². The van der Waals surface area contributed by atoms with Gasteiger partial charge in [0.2, 0.25) is 11.5 Å². The highest BCUT2D eigenvalue weighted by atomic mass is 35.5. The molecule has 33 heavy (non-hydrogen) atoms. The van der Waals surface area contributed by atoms with E-state index in [1.165, 1.54) is 0 Å². The van der Waals surface area contributed by atoms with Crippen LogP contribution in [0.15, 0.2) is 59.2 Å². The molecule has 0 radical (unpaired) electrons. The van der Waals surface area contributed by atoms with Gasteiger partial charge in [-0.3, -0.25) is 4.79 Å². The summed E-state index contributed by atoms with van der Waals surface area (Å²) >= 11 is 12.6. The van der Waals surface area contributed by atoms with Gasteiger partial charge in [0.1, 0.15) is 12.4 Å². The number of ether oxygens (including phenoxy) is 1. The predicted molar refractivity (Wildman–Crippen MR) is 127 cm³/mol. The van der Waals surface area contributed by atoms with E-state index in [1.54, 1.807) is 18.2 Å². The molecule has 170 valence electrons. The van der Waals surface area contributed by atoms with Crippen LogP contribution in [0.3, 0.4) is 0 Å². The maximum absolute atomic E-state index is 12.0. The van der Waals surface area contributed by atoms with Crippen molar-refractivity contribution in [2.75, 3.05) is 18.8 Å². The molecule has 0 aliphatic carbocycles. The van der Waals surface area contributed by atoms with Crippen molar-refractivity contribution in [1.29, 1.82) is 0 Å². The van der Waals surface area contributed by atoms with E-state index in [9.17, 15) is 4.79 Å². The number of amides is 1. The highest BCUT2D eigenvalue weighted by molar-refractivity contribution is 6.35. The number of aromatic nitrogens is 2. The number of halogens is 2. The third-order valence-electron chi connectivity index (χ3n) is 5.05. The molecule has 0 aliphatic rings. The van der Waals surface area contributed by atoms with Crippen molar-refractivity contribution in [3.05, 3.63) is 81.5 Å². The summed E-state index contributed by atoms with van der Waals surface area (Å²) < 4.78 is 10.6. The van der Waals surface area contributed by atoms with Crippen molar-refractivity contribution in [3.8, 4) is 5.75 Å². The lowest BCUT2D eigenvalue weighted by molar-refractivity contribution is 0.0944. The number of nitrogens with one attached hydrogen (secondary N) is 2. The van der Waals surface area contributed by atoms with Crippen LogP contribution < -0.4 is 21.1 Å². The van der Waals surface area contributed by atoms with Gasteiger partial charge in [-0.25, -0.2) is 4.63 Å². The van der Waals surface area contributed by atoms with Gasteiger partial charge in [-0.1, -0.05) is 59.6 Å². The normalized spacial score (nSPS) is 11.0. The standard InChI is InChI=1S/C23H21Cl2N5O3/c24-18-6-3-7-19(25)17(18)13-32-20-9-8-14-4-1-2-5-15(14)16(20)12-27-10-11-28-23(31)21-22(26)30-33-29-21/h1-9,27H,10-13H2,(H2,26,30)(H,28,31). The lowest BCUT2D eigenvalue weighted by Gasteiger charge is -2.16. The number of nitrogens with two attached hydrogens (primary N) is 1. The molecule has 4 aromatic rings. The Kier molecular flexibility index (Phi) is 7.29. The lowest BCUT2D eigenvalue weighted by atomic mass is 10.0. The molecule has 3 aromatic carbocycles. The van der Waals surface area contributed by atoms with Gasteiger partial charge in [0.25, 0.3) is 5.91 Å². The number of carbonyl (C=O) groups excluding carboxylic acids is 1. The van der Waals surface area contributed by atoms with Crippen LogP contribution in [0, 0.1) is 0 Å². The summed E-state index contributed by atoms with van der Waals surface area (Å²) in [5.74, 6) is 0.237. The van der Waals surface area contributed by atoms with E-state index in [0.717, 1.165) is 27.6 Å². The number of nitrogen functional groups attached to an aromatic ring is 1. The molecular formula is C23H21Cl2N5O3. The van der Waals surface area contributed by atoms with E-state index in [-0.39, 0.29) is 18.1 Å². The Labute approximate surface area is 200 Å². The summed E-state index contributed by atoms with van der Waals surface area (Å²) in [5.41, 5.74) is 7.23. The number of anilines is 1. The monoisotopic (exact) mass is 485 g/mol. The van der Waals surface area contributed by atoms with E-state index in [2.05, 4.69) is 25.6 Å². The van der Waals surface area contributed by atoms with Crippen LogP contribution in [-0.2, 0) is 13.2 Å². The largest absolute Gasteiger partial charge is 0.488 e. The summed E-state index contributed by atoms with van der Waals surface area (Å²) in [4.78, 5) is 12.0. The molecule has 0 atom stereocenters. The molecular weight excluding hydrogens is 465 g/mol. The number of hydrogen-bond donors (Lipinski definition) is 3. The first-order chi connectivity index (χ1) is 16.0. The smallest absolute Gasteiger partial charge is 0.277 e. The maximum Gasteiger partial charge on any atom is 0.277 e. The minimum atomic E-state index is -0.443. The Morgan fingerprint density at radius 3 is 2.52 bits per heavy atom.